The van der Waals surface area contributed by atoms with Gasteiger partial charge in [-0.2, -0.15) is 0 Å². The highest BCUT2D eigenvalue weighted by Crippen LogP contribution is 2.23. The molecule has 1 aliphatic rings. The van der Waals surface area contributed by atoms with Gasteiger partial charge in [0.2, 0.25) is 5.91 Å². The third-order valence-corrected chi connectivity index (χ3v) is 5.11. The number of hydrogen-bond donors (Lipinski definition) is 1. The van der Waals surface area contributed by atoms with Gasteiger partial charge in [-0.1, -0.05) is 6.07 Å². The molecule has 1 saturated heterocycles. The fourth-order valence-electron chi connectivity index (χ4n) is 3.32. The summed E-state index contributed by atoms with van der Waals surface area (Å²) in [5.41, 5.74) is 3.37. The van der Waals surface area contributed by atoms with Crippen LogP contribution in [-0.2, 0) is 4.79 Å². The first-order valence-corrected chi connectivity index (χ1v) is 9.02. The Morgan fingerprint density at radius 2 is 2.04 bits per heavy atom. The molecule has 0 saturated carbocycles. The molecule has 2 rings (SSSR count). The zero-order valence-electron chi connectivity index (χ0n) is 15.6. The standard InChI is InChI=1S/C19H29N3OS/c1-7-21(16-9-8-13(2)14(3)10-16)17(23)12-22-15(4)11-19(5,6)20-18(22)24/h8-10,15H,7,11-12H2,1-6H3,(H,20,24)/t15-/m1/s1. The highest BCUT2D eigenvalue weighted by molar-refractivity contribution is 7.80. The second kappa shape index (κ2) is 7.09. The molecule has 1 aromatic rings. The highest BCUT2D eigenvalue weighted by atomic mass is 32.1. The van der Waals surface area contributed by atoms with Crippen molar-refractivity contribution >= 4 is 28.9 Å². The molecule has 0 aromatic heterocycles. The largest absolute Gasteiger partial charge is 0.358 e. The summed E-state index contributed by atoms with van der Waals surface area (Å²) in [5.74, 6) is 0.0801. The molecule has 0 aliphatic carbocycles. The first kappa shape index (κ1) is 18.7. The fourth-order valence-corrected chi connectivity index (χ4v) is 3.84. The molecule has 24 heavy (non-hydrogen) atoms. The van der Waals surface area contributed by atoms with Gasteiger partial charge in [0.25, 0.3) is 0 Å². The minimum Gasteiger partial charge on any atom is -0.358 e. The molecule has 0 spiro atoms. The second-order valence-electron chi connectivity index (χ2n) is 7.40. The zero-order chi connectivity index (χ0) is 18.1. The normalized spacial score (nSPS) is 19.8. The van der Waals surface area contributed by atoms with Crippen molar-refractivity contribution in [1.82, 2.24) is 10.2 Å². The number of anilines is 1. The minimum atomic E-state index is -0.0193. The lowest BCUT2D eigenvalue weighted by Gasteiger charge is -2.44. The Hall–Kier alpha value is -1.62. The fraction of sp³-hybridized carbons (Fsp3) is 0.579. The Morgan fingerprint density at radius 3 is 2.58 bits per heavy atom. The Morgan fingerprint density at radius 1 is 1.38 bits per heavy atom. The SMILES string of the molecule is CCN(C(=O)CN1C(=S)NC(C)(C)C[C@H]1C)c1ccc(C)c(C)c1. The first-order chi connectivity index (χ1) is 11.1. The maximum absolute atomic E-state index is 12.9. The van der Waals surface area contributed by atoms with Crippen LogP contribution in [0.2, 0.25) is 0 Å². The lowest BCUT2D eigenvalue weighted by molar-refractivity contribution is -0.119. The number of rotatable bonds is 4. The summed E-state index contributed by atoms with van der Waals surface area (Å²) in [6, 6.07) is 6.41. The molecule has 1 fully saturated rings. The third kappa shape index (κ3) is 4.07. The predicted molar refractivity (Wildman–Crippen MR) is 105 cm³/mol. The molecule has 4 nitrogen and oxygen atoms in total. The van der Waals surface area contributed by atoms with E-state index in [1.807, 2.05) is 22.8 Å². The van der Waals surface area contributed by atoms with Crippen LogP contribution in [0.4, 0.5) is 5.69 Å². The van der Waals surface area contributed by atoms with Crippen molar-refractivity contribution in [1.29, 1.82) is 0 Å². The molecule has 0 radical (unpaired) electrons. The lowest BCUT2D eigenvalue weighted by atomic mass is 9.93. The van der Waals surface area contributed by atoms with Gasteiger partial charge in [0.1, 0.15) is 0 Å². The summed E-state index contributed by atoms with van der Waals surface area (Å²) in [4.78, 5) is 16.7. The van der Waals surface area contributed by atoms with E-state index < -0.39 is 0 Å². The summed E-state index contributed by atoms with van der Waals surface area (Å²) in [6.45, 7) is 13.5. The van der Waals surface area contributed by atoms with Gasteiger partial charge in [0, 0.05) is 23.8 Å². The van der Waals surface area contributed by atoms with Crippen LogP contribution in [0.25, 0.3) is 0 Å². The number of hydrogen-bond acceptors (Lipinski definition) is 2. The molecule has 1 atom stereocenters. The number of thiocarbonyl (C=S) groups is 1. The minimum absolute atomic E-state index is 0.0193. The van der Waals surface area contributed by atoms with Gasteiger partial charge in [0.05, 0.1) is 6.54 Å². The summed E-state index contributed by atoms with van der Waals surface area (Å²) in [5, 5.41) is 4.01. The Bertz CT molecular complexity index is 641. The van der Waals surface area contributed by atoms with Crippen LogP contribution in [0.1, 0.15) is 45.2 Å². The topological polar surface area (TPSA) is 35.6 Å². The second-order valence-corrected chi connectivity index (χ2v) is 7.79. The number of carbonyl (C=O) groups is 1. The van der Waals surface area contributed by atoms with Crippen molar-refractivity contribution in [3.05, 3.63) is 29.3 Å². The Labute approximate surface area is 151 Å². The maximum atomic E-state index is 12.9. The predicted octanol–water partition coefficient (Wildman–Crippen LogP) is 3.40. The van der Waals surface area contributed by atoms with E-state index in [4.69, 9.17) is 12.2 Å². The number of likely N-dealkylation sites (N-methyl/N-ethyl adjacent to an activating group) is 1. The van der Waals surface area contributed by atoms with E-state index in [0.717, 1.165) is 12.1 Å². The summed E-state index contributed by atoms with van der Waals surface area (Å²) >= 11 is 5.49. The summed E-state index contributed by atoms with van der Waals surface area (Å²) < 4.78 is 0. The van der Waals surface area contributed by atoms with Gasteiger partial charge in [0.15, 0.2) is 5.11 Å². The van der Waals surface area contributed by atoms with E-state index in [0.29, 0.717) is 18.2 Å². The molecule has 5 heteroatoms. The van der Waals surface area contributed by atoms with Crippen molar-refractivity contribution in [2.24, 2.45) is 0 Å². The zero-order valence-corrected chi connectivity index (χ0v) is 16.5. The number of nitrogens with zero attached hydrogens (tertiary/aromatic N) is 2. The van der Waals surface area contributed by atoms with E-state index in [1.54, 1.807) is 0 Å². The van der Waals surface area contributed by atoms with Crippen LogP contribution in [0.15, 0.2) is 18.2 Å². The number of benzene rings is 1. The van der Waals surface area contributed by atoms with E-state index in [2.05, 4.69) is 52.1 Å². The van der Waals surface area contributed by atoms with E-state index in [9.17, 15) is 4.79 Å². The Kier molecular flexibility index (Phi) is 5.53. The van der Waals surface area contributed by atoms with Gasteiger partial charge >= 0.3 is 0 Å². The maximum Gasteiger partial charge on any atom is 0.246 e. The van der Waals surface area contributed by atoms with E-state index >= 15 is 0 Å². The van der Waals surface area contributed by atoms with Crippen molar-refractivity contribution in [2.45, 2.75) is 59.5 Å². The van der Waals surface area contributed by atoms with E-state index in [1.165, 1.54) is 11.1 Å². The molecule has 1 amide bonds. The van der Waals surface area contributed by atoms with Crippen LogP contribution in [0.3, 0.4) is 0 Å². The molecular formula is C19H29N3OS. The molecule has 1 aliphatic heterocycles. The quantitative estimate of drug-likeness (QED) is 0.847. The molecule has 0 unspecified atom stereocenters. The summed E-state index contributed by atoms with van der Waals surface area (Å²) in [6.07, 6.45) is 0.955. The first-order valence-electron chi connectivity index (χ1n) is 8.61. The summed E-state index contributed by atoms with van der Waals surface area (Å²) in [7, 11) is 0. The highest BCUT2D eigenvalue weighted by Gasteiger charge is 2.34. The number of aryl methyl sites for hydroxylation is 2. The van der Waals surface area contributed by atoms with Crippen molar-refractivity contribution in [3.8, 4) is 0 Å². The van der Waals surface area contributed by atoms with Gasteiger partial charge in [-0.15, -0.1) is 0 Å². The monoisotopic (exact) mass is 347 g/mol. The third-order valence-electron chi connectivity index (χ3n) is 4.77. The number of amides is 1. The molecule has 0 bridgehead atoms. The van der Waals surface area contributed by atoms with Gasteiger partial charge in [-0.25, -0.2) is 0 Å². The number of carbonyl (C=O) groups excluding carboxylic acids is 1. The van der Waals surface area contributed by atoms with Crippen LogP contribution in [0.5, 0.6) is 0 Å². The van der Waals surface area contributed by atoms with Gasteiger partial charge in [-0.3, -0.25) is 4.79 Å². The molecule has 1 aromatic carbocycles. The average molecular weight is 348 g/mol. The molecule has 1 heterocycles. The van der Waals surface area contributed by atoms with E-state index in [-0.39, 0.29) is 17.5 Å². The Balaban J connectivity index is 2.14. The van der Waals surface area contributed by atoms with Crippen LogP contribution in [0, 0.1) is 13.8 Å². The number of nitrogens with one attached hydrogen (secondary N) is 1. The smallest absolute Gasteiger partial charge is 0.246 e. The van der Waals surface area contributed by atoms with Crippen LogP contribution < -0.4 is 10.2 Å². The van der Waals surface area contributed by atoms with Crippen LogP contribution >= 0.6 is 12.2 Å². The van der Waals surface area contributed by atoms with Crippen LogP contribution in [-0.4, -0.2) is 40.6 Å². The average Bonchev–Trinajstić information content (AvgIpc) is 2.46. The van der Waals surface area contributed by atoms with Crippen molar-refractivity contribution < 1.29 is 4.79 Å². The van der Waals surface area contributed by atoms with Gasteiger partial charge < -0.3 is 15.1 Å². The molecule has 132 valence electrons. The molecule has 1 N–H and O–H groups in total. The van der Waals surface area contributed by atoms with Crippen molar-refractivity contribution in [2.75, 3.05) is 18.0 Å². The molecular weight excluding hydrogens is 318 g/mol. The lowest BCUT2D eigenvalue weighted by Crippen LogP contribution is -2.61. The van der Waals surface area contributed by atoms with Gasteiger partial charge in [-0.05, 0) is 83.4 Å². The van der Waals surface area contributed by atoms with Crippen molar-refractivity contribution in [3.63, 3.8) is 0 Å².